The topological polar surface area (TPSA) is 145 Å². The number of rotatable bonds is 6. The molecule has 0 amide bonds. The first-order valence-electron chi connectivity index (χ1n) is 11.3. The Kier molecular flexibility index (Phi) is 7.30. The number of nitrogens with zero attached hydrogens (tertiary/aromatic N) is 2. The Morgan fingerprint density at radius 3 is 2.13 bits per heavy atom. The largest absolute Gasteiger partial charge is 0.466 e. The summed E-state index contributed by atoms with van der Waals surface area (Å²) in [5.74, 6) is -3.28. The summed E-state index contributed by atoms with van der Waals surface area (Å²) < 4.78 is 20.6. The molecule has 3 aromatic rings. The standard InChI is InChI=1S/C28H23N3O7/c1-35-26(32)21-14-13-20(38-21)17-11-7-8-12-19(17)31-24(28(34)37-3)23(27(33)36-2)22(18(15-29)25(31)30)16-9-5-4-6-10-16/h4-14,22H,30H2,1-3H3. The van der Waals surface area contributed by atoms with E-state index in [0.29, 0.717) is 11.1 Å². The number of carbonyl (C=O) groups excluding carboxylic acids is 3. The number of allylic oxidation sites excluding steroid dienone is 1. The van der Waals surface area contributed by atoms with Crippen LogP contribution in [0.4, 0.5) is 5.69 Å². The summed E-state index contributed by atoms with van der Waals surface area (Å²) in [6.45, 7) is 0. The van der Waals surface area contributed by atoms with Gasteiger partial charge in [0.1, 0.15) is 17.3 Å². The zero-order chi connectivity index (χ0) is 27.4. The maximum Gasteiger partial charge on any atom is 0.373 e. The molecule has 0 fully saturated rings. The second-order valence-corrected chi connectivity index (χ2v) is 8.01. The fraction of sp³-hybridized carbons (Fsp3) is 0.143. The highest BCUT2D eigenvalue weighted by molar-refractivity contribution is 6.07. The highest BCUT2D eigenvalue weighted by Crippen LogP contribution is 2.45. The number of ether oxygens (including phenoxy) is 3. The van der Waals surface area contributed by atoms with Gasteiger partial charge in [-0.1, -0.05) is 42.5 Å². The van der Waals surface area contributed by atoms with Crippen molar-refractivity contribution >= 4 is 23.6 Å². The highest BCUT2D eigenvalue weighted by Gasteiger charge is 2.43. The van der Waals surface area contributed by atoms with Crippen LogP contribution in [0.1, 0.15) is 22.0 Å². The van der Waals surface area contributed by atoms with Crippen molar-refractivity contribution in [2.45, 2.75) is 5.92 Å². The quantitative estimate of drug-likeness (QED) is 0.383. The van der Waals surface area contributed by atoms with Gasteiger partial charge >= 0.3 is 17.9 Å². The number of carbonyl (C=O) groups is 3. The molecule has 0 radical (unpaired) electrons. The fourth-order valence-corrected chi connectivity index (χ4v) is 4.33. The van der Waals surface area contributed by atoms with Crippen LogP contribution in [0.5, 0.6) is 0 Å². The molecule has 38 heavy (non-hydrogen) atoms. The fourth-order valence-electron chi connectivity index (χ4n) is 4.33. The Morgan fingerprint density at radius 2 is 1.50 bits per heavy atom. The molecule has 10 nitrogen and oxygen atoms in total. The van der Waals surface area contributed by atoms with Crippen molar-refractivity contribution in [2.75, 3.05) is 26.2 Å². The molecule has 0 bridgehead atoms. The molecular formula is C28H23N3O7. The lowest BCUT2D eigenvalue weighted by Crippen LogP contribution is -2.41. The molecule has 10 heteroatoms. The molecule has 0 aliphatic carbocycles. The molecule has 2 N–H and O–H groups in total. The third-order valence-corrected chi connectivity index (χ3v) is 6.01. The Labute approximate surface area is 218 Å². The Bertz CT molecular complexity index is 1510. The van der Waals surface area contributed by atoms with E-state index in [0.717, 1.165) is 0 Å². The molecular weight excluding hydrogens is 490 g/mol. The average Bonchev–Trinajstić information content (AvgIpc) is 3.46. The molecule has 0 saturated heterocycles. The molecule has 4 rings (SSSR count). The van der Waals surface area contributed by atoms with Gasteiger partial charge in [-0.25, -0.2) is 14.4 Å². The minimum atomic E-state index is -0.999. The maximum atomic E-state index is 13.3. The number of hydrogen-bond donors (Lipinski definition) is 1. The molecule has 2 aromatic carbocycles. The number of nitrogens with two attached hydrogens (primary N) is 1. The van der Waals surface area contributed by atoms with Gasteiger partial charge in [-0.3, -0.25) is 4.90 Å². The van der Waals surface area contributed by atoms with Gasteiger partial charge < -0.3 is 24.4 Å². The van der Waals surface area contributed by atoms with Gasteiger partial charge in [-0.15, -0.1) is 0 Å². The van der Waals surface area contributed by atoms with Crippen LogP contribution in [0.25, 0.3) is 11.3 Å². The summed E-state index contributed by atoms with van der Waals surface area (Å²) >= 11 is 0. The zero-order valence-corrected chi connectivity index (χ0v) is 20.8. The predicted molar refractivity (Wildman–Crippen MR) is 135 cm³/mol. The van der Waals surface area contributed by atoms with E-state index >= 15 is 0 Å². The summed E-state index contributed by atoms with van der Waals surface area (Å²) in [5.41, 5.74) is 7.51. The smallest absolute Gasteiger partial charge is 0.373 e. The summed E-state index contributed by atoms with van der Waals surface area (Å²) in [6, 6.07) is 20.5. The van der Waals surface area contributed by atoms with E-state index in [-0.39, 0.29) is 39.9 Å². The summed E-state index contributed by atoms with van der Waals surface area (Å²) in [5, 5.41) is 10.2. The van der Waals surface area contributed by atoms with Crippen LogP contribution in [-0.4, -0.2) is 39.2 Å². The van der Waals surface area contributed by atoms with Gasteiger partial charge in [0.25, 0.3) is 0 Å². The SMILES string of the molecule is COC(=O)C1=C(C(=O)OC)N(c2ccccc2-c2ccc(C(=O)OC)o2)C(N)=C(C#N)C1c1ccccc1. The van der Waals surface area contributed by atoms with Crippen molar-refractivity contribution in [1.82, 2.24) is 0 Å². The Hall–Kier alpha value is -5.30. The van der Waals surface area contributed by atoms with Gasteiger partial charge in [0, 0.05) is 5.56 Å². The van der Waals surface area contributed by atoms with Crippen molar-refractivity contribution in [3.05, 3.63) is 101 Å². The van der Waals surface area contributed by atoms with Crippen LogP contribution in [0.15, 0.2) is 93.8 Å². The van der Waals surface area contributed by atoms with E-state index in [9.17, 15) is 19.6 Å². The molecule has 192 valence electrons. The maximum absolute atomic E-state index is 13.3. The van der Waals surface area contributed by atoms with E-state index in [1.807, 2.05) is 0 Å². The molecule has 1 aliphatic heterocycles. The van der Waals surface area contributed by atoms with Crippen LogP contribution < -0.4 is 10.6 Å². The average molecular weight is 514 g/mol. The van der Waals surface area contributed by atoms with Crippen molar-refractivity contribution in [3.63, 3.8) is 0 Å². The summed E-state index contributed by atoms with van der Waals surface area (Å²) in [6.07, 6.45) is 0. The number of furan rings is 1. The summed E-state index contributed by atoms with van der Waals surface area (Å²) in [4.78, 5) is 39.8. The minimum Gasteiger partial charge on any atom is -0.466 e. The first-order valence-corrected chi connectivity index (χ1v) is 11.3. The third kappa shape index (κ3) is 4.37. The molecule has 1 aliphatic rings. The zero-order valence-electron chi connectivity index (χ0n) is 20.8. The van der Waals surface area contributed by atoms with Crippen molar-refractivity contribution in [2.24, 2.45) is 5.73 Å². The van der Waals surface area contributed by atoms with Crippen LogP contribution >= 0.6 is 0 Å². The number of esters is 3. The number of anilines is 1. The van der Waals surface area contributed by atoms with Crippen molar-refractivity contribution < 1.29 is 33.0 Å². The van der Waals surface area contributed by atoms with Crippen molar-refractivity contribution in [1.29, 1.82) is 5.26 Å². The van der Waals surface area contributed by atoms with E-state index in [4.69, 9.17) is 24.4 Å². The van der Waals surface area contributed by atoms with E-state index in [2.05, 4.69) is 6.07 Å². The number of nitriles is 1. The third-order valence-electron chi connectivity index (χ3n) is 6.01. The Morgan fingerprint density at radius 1 is 0.868 bits per heavy atom. The number of hydrogen-bond acceptors (Lipinski definition) is 10. The van der Waals surface area contributed by atoms with Gasteiger partial charge in [0.15, 0.2) is 0 Å². The molecule has 1 unspecified atom stereocenters. The lowest BCUT2D eigenvalue weighted by Gasteiger charge is -2.36. The van der Waals surface area contributed by atoms with Crippen LogP contribution in [0.2, 0.25) is 0 Å². The van der Waals surface area contributed by atoms with E-state index in [1.54, 1.807) is 60.7 Å². The summed E-state index contributed by atoms with van der Waals surface area (Å²) in [7, 11) is 3.57. The molecule has 2 heterocycles. The van der Waals surface area contributed by atoms with Gasteiger partial charge in [-0.05, 0) is 29.8 Å². The van der Waals surface area contributed by atoms with Gasteiger partial charge in [0.2, 0.25) is 5.76 Å². The van der Waals surface area contributed by atoms with Gasteiger partial charge in [0.05, 0.1) is 50.2 Å². The first kappa shape index (κ1) is 25.8. The normalized spacial score (nSPS) is 15.1. The number of para-hydroxylation sites is 1. The minimum absolute atomic E-state index is 0.0220. The molecule has 0 spiro atoms. The predicted octanol–water partition coefficient (Wildman–Crippen LogP) is 3.63. The van der Waals surface area contributed by atoms with Crippen LogP contribution in [-0.2, 0) is 23.8 Å². The van der Waals surface area contributed by atoms with Crippen molar-refractivity contribution in [3.8, 4) is 17.4 Å². The number of benzene rings is 2. The molecule has 1 atom stereocenters. The highest BCUT2D eigenvalue weighted by atomic mass is 16.5. The monoisotopic (exact) mass is 513 g/mol. The van der Waals surface area contributed by atoms with Gasteiger partial charge in [-0.2, -0.15) is 5.26 Å². The first-order chi connectivity index (χ1) is 18.4. The second kappa shape index (κ2) is 10.8. The van der Waals surface area contributed by atoms with Crippen LogP contribution in [0, 0.1) is 11.3 Å². The molecule has 0 saturated carbocycles. The lowest BCUT2D eigenvalue weighted by atomic mass is 9.80. The van der Waals surface area contributed by atoms with E-state index in [1.165, 1.54) is 32.3 Å². The number of methoxy groups -OCH3 is 3. The second-order valence-electron chi connectivity index (χ2n) is 8.01. The molecule has 1 aromatic heterocycles. The lowest BCUT2D eigenvalue weighted by molar-refractivity contribution is -0.139. The Balaban J connectivity index is 2.04. The van der Waals surface area contributed by atoms with Crippen LogP contribution in [0.3, 0.4) is 0 Å². The van der Waals surface area contributed by atoms with E-state index < -0.39 is 23.8 Å².